The molecule has 0 radical (unpaired) electrons. The summed E-state index contributed by atoms with van der Waals surface area (Å²) in [6, 6.07) is 18.9. The second-order valence-electron chi connectivity index (χ2n) is 7.41. The predicted molar refractivity (Wildman–Crippen MR) is 107 cm³/mol. The van der Waals surface area contributed by atoms with E-state index in [0.29, 0.717) is 4.48 Å². The lowest BCUT2D eigenvalue weighted by atomic mass is 9.58. The molecule has 3 rings (SSSR count). The van der Waals surface area contributed by atoms with E-state index in [4.69, 9.17) is 0 Å². The standard InChI is InChI=1S/C22H21BrO4/c1-21(19(24)25)12-17(23)13-22(14-21,20(26)27)18(15-8-4-2-5-9-15)16-10-6-3-7-11-16/h2-11,13,18H,12,14H2,1H3,(H,24,25)(H,26,27). The zero-order valence-electron chi connectivity index (χ0n) is 14.9. The number of benzene rings is 2. The molecule has 27 heavy (non-hydrogen) atoms. The molecule has 1 aliphatic rings. The van der Waals surface area contributed by atoms with E-state index in [1.807, 2.05) is 60.7 Å². The smallest absolute Gasteiger partial charge is 0.314 e. The van der Waals surface area contributed by atoms with Crippen molar-refractivity contribution in [3.8, 4) is 0 Å². The van der Waals surface area contributed by atoms with Crippen LogP contribution in [-0.4, -0.2) is 22.2 Å². The van der Waals surface area contributed by atoms with E-state index >= 15 is 0 Å². The molecule has 0 saturated carbocycles. The summed E-state index contributed by atoms with van der Waals surface area (Å²) in [4.78, 5) is 24.6. The van der Waals surface area contributed by atoms with Gasteiger partial charge in [0.1, 0.15) is 0 Å². The van der Waals surface area contributed by atoms with Gasteiger partial charge in [0.05, 0.1) is 10.8 Å². The third-order valence-electron chi connectivity index (χ3n) is 5.35. The molecule has 2 N–H and O–H groups in total. The van der Waals surface area contributed by atoms with Gasteiger partial charge in [-0.1, -0.05) is 82.7 Å². The molecule has 0 saturated heterocycles. The number of hydrogen-bond acceptors (Lipinski definition) is 2. The number of carboxylic acids is 2. The van der Waals surface area contributed by atoms with Crippen LogP contribution in [0.1, 0.15) is 36.8 Å². The average molecular weight is 429 g/mol. The van der Waals surface area contributed by atoms with Crippen molar-refractivity contribution in [2.24, 2.45) is 10.8 Å². The number of carbonyl (C=O) groups is 2. The molecule has 0 bridgehead atoms. The molecule has 2 aromatic rings. The summed E-state index contributed by atoms with van der Waals surface area (Å²) in [6.45, 7) is 1.62. The Hall–Kier alpha value is -2.40. The summed E-state index contributed by atoms with van der Waals surface area (Å²) in [5, 5.41) is 20.2. The molecule has 1 aliphatic carbocycles. The van der Waals surface area contributed by atoms with Crippen molar-refractivity contribution in [2.45, 2.75) is 25.7 Å². The van der Waals surface area contributed by atoms with Crippen LogP contribution in [0.25, 0.3) is 0 Å². The Morgan fingerprint density at radius 1 is 0.926 bits per heavy atom. The highest BCUT2D eigenvalue weighted by Crippen LogP contribution is 2.55. The van der Waals surface area contributed by atoms with E-state index in [0.717, 1.165) is 11.1 Å². The van der Waals surface area contributed by atoms with Crippen molar-refractivity contribution < 1.29 is 19.8 Å². The molecule has 0 aliphatic heterocycles. The van der Waals surface area contributed by atoms with Gasteiger partial charge in [-0.05, 0) is 35.4 Å². The molecule has 0 fully saturated rings. The first kappa shape index (κ1) is 19.4. The van der Waals surface area contributed by atoms with Crippen molar-refractivity contribution in [1.82, 2.24) is 0 Å². The molecule has 0 amide bonds. The number of aliphatic carboxylic acids is 2. The van der Waals surface area contributed by atoms with E-state index in [1.54, 1.807) is 13.0 Å². The molecule has 0 spiro atoms. The summed E-state index contributed by atoms with van der Waals surface area (Å²) < 4.78 is 0.609. The lowest BCUT2D eigenvalue weighted by Gasteiger charge is -2.44. The number of hydrogen-bond donors (Lipinski definition) is 2. The number of carboxylic acid groups (broad SMARTS) is 2. The Labute approximate surface area is 166 Å². The van der Waals surface area contributed by atoms with Crippen LogP contribution in [-0.2, 0) is 9.59 Å². The Balaban J connectivity index is 2.28. The highest BCUT2D eigenvalue weighted by molar-refractivity contribution is 9.11. The van der Waals surface area contributed by atoms with Gasteiger partial charge in [-0.2, -0.15) is 0 Å². The Bertz CT molecular complexity index is 838. The molecule has 0 aromatic heterocycles. The normalized spacial score (nSPS) is 25.1. The van der Waals surface area contributed by atoms with Gasteiger partial charge < -0.3 is 10.2 Å². The molecular formula is C22H21BrO4. The minimum Gasteiger partial charge on any atom is -0.481 e. The van der Waals surface area contributed by atoms with Gasteiger partial charge >= 0.3 is 11.9 Å². The fraction of sp³-hybridized carbons (Fsp3) is 0.273. The van der Waals surface area contributed by atoms with Crippen LogP contribution in [0.5, 0.6) is 0 Å². The second-order valence-corrected chi connectivity index (χ2v) is 8.43. The maximum absolute atomic E-state index is 12.7. The number of halogens is 1. The van der Waals surface area contributed by atoms with Gasteiger partial charge in [0, 0.05) is 5.92 Å². The SMILES string of the molecule is CC1(C(=O)O)CC(Br)=CC(C(=O)O)(C(c2ccccc2)c2ccccc2)C1. The first-order valence-corrected chi connectivity index (χ1v) is 9.52. The Kier molecular flexibility index (Phi) is 5.24. The first-order valence-electron chi connectivity index (χ1n) is 8.72. The van der Waals surface area contributed by atoms with Gasteiger partial charge in [-0.25, -0.2) is 0 Å². The molecule has 4 nitrogen and oxygen atoms in total. The van der Waals surface area contributed by atoms with Crippen molar-refractivity contribution >= 4 is 27.9 Å². The zero-order chi connectivity index (χ0) is 19.7. The second kappa shape index (κ2) is 7.31. The maximum Gasteiger partial charge on any atom is 0.314 e. The van der Waals surface area contributed by atoms with E-state index < -0.39 is 28.7 Å². The third kappa shape index (κ3) is 3.56. The van der Waals surface area contributed by atoms with Crippen LogP contribution in [0.3, 0.4) is 0 Å². The number of rotatable bonds is 5. The summed E-state index contributed by atoms with van der Waals surface area (Å²) in [7, 11) is 0. The van der Waals surface area contributed by atoms with E-state index in [9.17, 15) is 19.8 Å². The summed E-state index contributed by atoms with van der Waals surface area (Å²) in [5.74, 6) is -2.52. The fourth-order valence-electron chi connectivity index (χ4n) is 4.14. The largest absolute Gasteiger partial charge is 0.481 e. The minimum absolute atomic E-state index is 0.00816. The predicted octanol–water partition coefficient (Wildman–Crippen LogP) is 5.05. The van der Waals surface area contributed by atoms with E-state index in [2.05, 4.69) is 15.9 Å². The van der Waals surface area contributed by atoms with E-state index in [-0.39, 0.29) is 12.8 Å². The highest BCUT2D eigenvalue weighted by Gasteiger charge is 2.54. The third-order valence-corrected chi connectivity index (χ3v) is 5.86. The molecule has 2 unspecified atom stereocenters. The quantitative estimate of drug-likeness (QED) is 0.698. The van der Waals surface area contributed by atoms with Crippen LogP contribution in [0.15, 0.2) is 71.2 Å². The van der Waals surface area contributed by atoms with Gasteiger partial charge in [-0.3, -0.25) is 9.59 Å². The van der Waals surface area contributed by atoms with Crippen molar-refractivity contribution in [1.29, 1.82) is 0 Å². The maximum atomic E-state index is 12.7. The Morgan fingerprint density at radius 3 is 1.81 bits per heavy atom. The highest BCUT2D eigenvalue weighted by atomic mass is 79.9. The molecule has 2 aromatic carbocycles. The lowest BCUT2D eigenvalue weighted by Crippen LogP contribution is -2.46. The van der Waals surface area contributed by atoms with Gasteiger partial charge in [0.2, 0.25) is 0 Å². The minimum atomic E-state index is -1.38. The first-order chi connectivity index (χ1) is 12.8. The molecular weight excluding hydrogens is 408 g/mol. The van der Waals surface area contributed by atoms with Crippen molar-refractivity contribution in [3.05, 3.63) is 82.3 Å². The topological polar surface area (TPSA) is 74.6 Å². The number of allylic oxidation sites excluding steroid dienone is 1. The van der Waals surface area contributed by atoms with Gasteiger partial charge in [-0.15, -0.1) is 0 Å². The van der Waals surface area contributed by atoms with E-state index in [1.165, 1.54) is 0 Å². The van der Waals surface area contributed by atoms with Crippen LogP contribution >= 0.6 is 15.9 Å². The zero-order valence-corrected chi connectivity index (χ0v) is 16.5. The summed E-state index contributed by atoms with van der Waals surface area (Å²) in [5.41, 5.74) is -0.865. The fourth-order valence-corrected chi connectivity index (χ4v) is 5.17. The molecule has 140 valence electrons. The lowest BCUT2D eigenvalue weighted by molar-refractivity contribution is -0.156. The average Bonchev–Trinajstić information content (AvgIpc) is 2.63. The van der Waals surface area contributed by atoms with Crippen LogP contribution < -0.4 is 0 Å². The van der Waals surface area contributed by atoms with Crippen molar-refractivity contribution in [2.75, 3.05) is 0 Å². The van der Waals surface area contributed by atoms with Gasteiger partial charge in [0.15, 0.2) is 0 Å². The van der Waals surface area contributed by atoms with Gasteiger partial charge in [0.25, 0.3) is 0 Å². The summed E-state index contributed by atoms with van der Waals surface area (Å²) >= 11 is 3.42. The molecule has 0 heterocycles. The molecule has 2 atom stereocenters. The monoisotopic (exact) mass is 428 g/mol. The van der Waals surface area contributed by atoms with Crippen LogP contribution in [0, 0.1) is 10.8 Å². The van der Waals surface area contributed by atoms with Crippen LogP contribution in [0.2, 0.25) is 0 Å². The van der Waals surface area contributed by atoms with Crippen LogP contribution in [0.4, 0.5) is 0 Å². The summed E-state index contributed by atoms with van der Waals surface area (Å²) in [6.07, 6.45) is 1.98. The Morgan fingerprint density at radius 2 is 1.41 bits per heavy atom. The molecule has 5 heteroatoms. The van der Waals surface area contributed by atoms with Crippen molar-refractivity contribution in [3.63, 3.8) is 0 Å².